The summed E-state index contributed by atoms with van der Waals surface area (Å²) in [6.45, 7) is 0.445. The van der Waals surface area contributed by atoms with Gasteiger partial charge in [-0.05, 0) is 24.6 Å². The van der Waals surface area contributed by atoms with Crippen molar-refractivity contribution < 1.29 is 4.79 Å². The average molecular weight is 328 g/mol. The summed E-state index contributed by atoms with van der Waals surface area (Å²) in [5, 5.41) is 6.15. The molecule has 1 saturated carbocycles. The molecule has 1 aromatic carbocycles. The zero-order chi connectivity index (χ0) is 13.3. The van der Waals surface area contributed by atoms with E-state index in [1.165, 1.54) is 0 Å². The number of rotatable bonds is 3. The molecule has 3 nitrogen and oxygen atoms in total. The Balaban J connectivity index is 1.82. The van der Waals surface area contributed by atoms with Gasteiger partial charge < -0.3 is 10.6 Å². The highest BCUT2D eigenvalue weighted by Crippen LogP contribution is 2.52. The Hall–Kier alpha value is -0.350. The quantitative estimate of drug-likeness (QED) is 0.798. The average Bonchev–Trinajstić information content (AvgIpc) is 2.89. The molecule has 0 bridgehead atoms. The molecule has 0 spiro atoms. The third-order valence-corrected chi connectivity index (χ3v) is 4.31. The molecule has 1 aliphatic rings. The number of amides is 2. The first kappa shape index (κ1) is 14.1. The lowest BCUT2D eigenvalue weighted by Gasteiger charge is -2.08. The number of nitrogens with one attached hydrogen (secondary N) is 2. The van der Waals surface area contributed by atoms with Crippen LogP contribution in [0, 0.1) is 5.92 Å². The Kier molecular flexibility index (Phi) is 4.17. The number of halogens is 4. The standard InChI is InChI=1S/C11H10Cl4N2O/c12-8-2-1-7(3-9(8)13)17-10(18)16-5-6-4-11(6,14)15/h1-3,6H,4-5H2,(H2,16,17,18). The predicted octanol–water partition coefficient (Wildman–Crippen LogP) is 4.31. The van der Waals surface area contributed by atoms with Gasteiger partial charge in [-0.25, -0.2) is 4.79 Å². The fraction of sp³-hybridized carbons (Fsp3) is 0.364. The van der Waals surface area contributed by atoms with Gasteiger partial charge in [0.2, 0.25) is 0 Å². The lowest BCUT2D eigenvalue weighted by Crippen LogP contribution is -2.31. The summed E-state index contributed by atoms with van der Waals surface area (Å²) in [4.78, 5) is 11.6. The second kappa shape index (κ2) is 5.33. The van der Waals surface area contributed by atoms with E-state index in [1.54, 1.807) is 18.2 Å². The Bertz CT molecular complexity index is 478. The minimum atomic E-state index is -0.684. The number of anilines is 1. The van der Waals surface area contributed by atoms with Crippen LogP contribution in [-0.4, -0.2) is 16.9 Å². The molecule has 0 heterocycles. The molecular weight excluding hydrogens is 318 g/mol. The highest BCUT2D eigenvalue weighted by molar-refractivity contribution is 6.50. The molecule has 1 aliphatic carbocycles. The van der Waals surface area contributed by atoms with Crippen molar-refractivity contribution in [3.8, 4) is 0 Å². The van der Waals surface area contributed by atoms with E-state index in [0.29, 0.717) is 28.7 Å². The van der Waals surface area contributed by atoms with E-state index in [0.717, 1.165) is 0 Å². The maximum atomic E-state index is 11.6. The van der Waals surface area contributed by atoms with Gasteiger partial charge in [0, 0.05) is 18.2 Å². The lowest BCUT2D eigenvalue weighted by molar-refractivity contribution is 0.251. The Morgan fingerprint density at radius 3 is 2.56 bits per heavy atom. The van der Waals surface area contributed by atoms with Gasteiger partial charge in [-0.1, -0.05) is 23.2 Å². The van der Waals surface area contributed by atoms with Crippen LogP contribution in [0.5, 0.6) is 0 Å². The first-order valence-electron chi connectivity index (χ1n) is 5.26. The largest absolute Gasteiger partial charge is 0.337 e. The van der Waals surface area contributed by atoms with Crippen LogP contribution in [0.1, 0.15) is 6.42 Å². The predicted molar refractivity (Wildman–Crippen MR) is 76.0 cm³/mol. The maximum Gasteiger partial charge on any atom is 0.319 e. The van der Waals surface area contributed by atoms with E-state index >= 15 is 0 Å². The van der Waals surface area contributed by atoms with Crippen molar-refractivity contribution in [3.05, 3.63) is 28.2 Å². The molecule has 2 rings (SSSR count). The fourth-order valence-corrected chi connectivity index (χ4v) is 2.28. The summed E-state index contributed by atoms with van der Waals surface area (Å²) >= 11 is 23.3. The Morgan fingerprint density at radius 1 is 1.33 bits per heavy atom. The van der Waals surface area contributed by atoms with Gasteiger partial charge in [-0.2, -0.15) is 0 Å². The molecule has 2 amide bonds. The molecule has 1 atom stereocenters. The van der Waals surface area contributed by atoms with Crippen LogP contribution in [0.3, 0.4) is 0 Å². The third-order valence-electron chi connectivity index (χ3n) is 2.64. The molecule has 7 heteroatoms. The summed E-state index contributed by atoms with van der Waals surface area (Å²) in [6, 6.07) is 4.53. The molecule has 1 unspecified atom stereocenters. The van der Waals surface area contributed by atoms with Gasteiger partial charge in [0.15, 0.2) is 0 Å². The zero-order valence-corrected chi connectivity index (χ0v) is 12.2. The summed E-state index contributed by atoms with van der Waals surface area (Å²) in [7, 11) is 0. The van der Waals surface area contributed by atoms with Crippen molar-refractivity contribution in [1.29, 1.82) is 0 Å². The van der Waals surface area contributed by atoms with E-state index in [9.17, 15) is 4.79 Å². The van der Waals surface area contributed by atoms with Crippen molar-refractivity contribution in [3.63, 3.8) is 0 Å². The van der Waals surface area contributed by atoms with E-state index in [4.69, 9.17) is 46.4 Å². The first-order chi connectivity index (χ1) is 8.38. The number of benzene rings is 1. The SMILES string of the molecule is O=C(NCC1CC1(Cl)Cl)Nc1ccc(Cl)c(Cl)c1. The molecule has 1 fully saturated rings. The van der Waals surface area contributed by atoms with Crippen LogP contribution < -0.4 is 10.6 Å². The lowest BCUT2D eigenvalue weighted by atomic mass is 10.3. The van der Waals surface area contributed by atoms with Gasteiger partial charge in [-0.15, -0.1) is 23.2 Å². The molecule has 98 valence electrons. The van der Waals surface area contributed by atoms with Crippen LogP contribution in [0.15, 0.2) is 18.2 Å². The van der Waals surface area contributed by atoms with Crippen LogP contribution in [-0.2, 0) is 0 Å². The second-order valence-corrected chi connectivity index (χ2v) is 6.48. The van der Waals surface area contributed by atoms with Crippen molar-refractivity contribution in [2.24, 2.45) is 5.92 Å². The maximum absolute atomic E-state index is 11.6. The fourth-order valence-electron chi connectivity index (χ4n) is 1.46. The van der Waals surface area contributed by atoms with E-state index < -0.39 is 4.33 Å². The number of urea groups is 1. The molecular formula is C11H10Cl4N2O. The highest BCUT2D eigenvalue weighted by Gasteiger charge is 2.51. The van der Waals surface area contributed by atoms with Gasteiger partial charge in [0.25, 0.3) is 0 Å². The van der Waals surface area contributed by atoms with Crippen molar-refractivity contribution >= 4 is 58.1 Å². The van der Waals surface area contributed by atoms with Gasteiger partial charge >= 0.3 is 6.03 Å². The van der Waals surface area contributed by atoms with Crippen LogP contribution in [0.4, 0.5) is 10.5 Å². The minimum Gasteiger partial charge on any atom is -0.337 e. The molecule has 0 radical (unpaired) electrons. The smallest absolute Gasteiger partial charge is 0.319 e. The van der Waals surface area contributed by atoms with Crippen molar-refractivity contribution in [1.82, 2.24) is 5.32 Å². The number of carbonyl (C=O) groups excluding carboxylic acids is 1. The molecule has 0 saturated heterocycles. The van der Waals surface area contributed by atoms with Crippen molar-refractivity contribution in [2.45, 2.75) is 10.8 Å². The van der Waals surface area contributed by atoms with Crippen LogP contribution >= 0.6 is 46.4 Å². The molecule has 18 heavy (non-hydrogen) atoms. The Labute approximate surface area is 125 Å². The van der Waals surface area contributed by atoms with Crippen LogP contribution in [0.2, 0.25) is 10.0 Å². The van der Waals surface area contributed by atoms with E-state index in [2.05, 4.69) is 10.6 Å². The van der Waals surface area contributed by atoms with Gasteiger partial charge in [-0.3, -0.25) is 0 Å². The number of alkyl halides is 2. The second-order valence-electron chi connectivity index (χ2n) is 4.13. The molecule has 0 aromatic heterocycles. The number of hydrogen-bond donors (Lipinski definition) is 2. The molecule has 0 aliphatic heterocycles. The summed E-state index contributed by atoms with van der Waals surface area (Å²) in [6.07, 6.45) is 0.698. The summed E-state index contributed by atoms with van der Waals surface area (Å²) < 4.78 is -0.684. The van der Waals surface area contributed by atoms with E-state index in [-0.39, 0.29) is 11.9 Å². The van der Waals surface area contributed by atoms with Crippen molar-refractivity contribution in [2.75, 3.05) is 11.9 Å². The summed E-state index contributed by atoms with van der Waals surface area (Å²) in [5.74, 6) is 0.111. The molecule has 1 aromatic rings. The van der Waals surface area contributed by atoms with Crippen LogP contribution in [0.25, 0.3) is 0 Å². The topological polar surface area (TPSA) is 41.1 Å². The van der Waals surface area contributed by atoms with E-state index in [1.807, 2.05) is 0 Å². The monoisotopic (exact) mass is 326 g/mol. The Morgan fingerprint density at radius 2 is 2.00 bits per heavy atom. The van der Waals surface area contributed by atoms with Gasteiger partial charge in [0.05, 0.1) is 10.0 Å². The third kappa shape index (κ3) is 3.58. The molecule has 2 N–H and O–H groups in total. The normalized spacial score (nSPS) is 20.3. The van der Waals surface area contributed by atoms with Gasteiger partial charge in [0.1, 0.15) is 4.33 Å². The highest BCUT2D eigenvalue weighted by atomic mass is 35.5. The minimum absolute atomic E-state index is 0.111. The summed E-state index contributed by atoms with van der Waals surface area (Å²) in [5.41, 5.74) is 0.570. The zero-order valence-electron chi connectivity index (χ0n) is 9.14. The number of hydrogen-bond acceptors (Lipinski definition) is 1. The number of carbonyl (C=O) groups is 1. The first-order valence-corrected chi connectivity index (χ1v) is 6.77.